The molecule has 1 unspecified atom stereocenters. The molecule has 0 spiro atoms. The van der Waals surface area contributed by atoms with E-state index in [2.05, 4.69) is 10.6 Å². The maximum absolute atomic E-state index is 12.8. The molecular weight excluding hydrogens is 280 g/mol. The van der Waals surface area contributed by atoms with E-state index in [1.807, 2.05) is 0 Å². The van der Waals surface area contributed by atoms with Gasteiger partial charge in [0.25, 0.3) is 10.2 Å². The summed E-state index contributed by atoms with van der Waals surface area (Å²) in [6.45, 7) is 2.42. The first kappa shape index (κ1) is 15.7. The van der Waals surface area contributed by atoms with E-state index >= 15 is 0 Å². The maximum atomic E-state index is 12.8. The Hall–Kier alpha value is -0.700. The Bertz CT molecular complexity index is 432. The average molecular weight is 304 g/mol. The van der Waals surface area contributed by atoms with Crippen molar-refractivity contribution in [3.63, 3.8) is 0 Å². The van der Waals surface area contributed by atoms with E-state index < -0.39 is 16.3 Å². The zero-order chi connectivity index (χ0) is 14.6. The number of rotatable bonds is 3. The highest BCUT2D eigenvalue weighted by Crippen LogP contribution is 2.19. The highest BCUT2D eigenvalue weighted by atomic mass is 32.2. The first-order chi connectivity index (χ1) is 9.57. The van der Waals surface area contributed by atoms with E-state index in [-0.39, 0.29) is 5.91 Å². The zero-order valence-corrected chi connectivity index (χ0v) is 12.8. The highest BCUT2D eigenvalue weighted by molar-refractivity contribution is 7.86. The summed E-state index contributed by atoms with van der Waals surface area (Å²) in [6.07, 6.45) is 3.95. The predicted molar refractivity (Wildman–Crippen MR) is 76.4 cm³/mol. The van der Waals surface area contributed by atoms with E-state index in [0.717, 1.165) is 25.7 Å². The molecular formula is C12H24N4O3S. The van der Waals surface area contributed by atoms with Gasteiger partial charge in [0.2, 0.25) is 5.91 Å². The quantitative estimate of drug-likeness (QED) is 0.710. The standard InChI is InChI=1S/C12H24N4O3S/c1-13-12(17)11-10-14-6-9-16(11)20(18,19)15-7-4-2-3-5-8-15/h11,14H,2-10H2,1H3,(H,13,17). The van der Waals surface area contributed by atoms with Crippen LogP contribution in [0.3, 0.4) is 0 Å². The molecule has 8 heteroatoms. The normalized spacial score (nSPS) is 26.9. The van der Waals surface area contributed by atoms with Crippen LogP contribution in [0.2, 0.25) is 0 Å². The number of carbonyl (C=O) groups excluding carboxylic acids is 1. The molecule has 2 fully saturated rings. The van der Waals surface area contributed by atoms with Crippen LogP contribution in [0.4, 0.5) is 0 Å². The lowest BCUT2D eigenvalue weighted by atomic mass is 10.2. The lowest BCUT2D eigenvalue weighted by Gasteiger charge is -2.37. The Kier molecular flexibility index (Phi) is 5.36. The van der Waals surface area contributed by atoms with Crippen LogP contribution >= 0.6 is 0 Å². The summed E-state index contributed by atoms with van der Waals surface area (Å²) in [7, 11) is -2.01. The van der Waals surface area contributed by atoms with Gasteiger partial charge in [0.1, 0.15) is 6.04 Å². The summed E-state index contributed by atoms with van der Waals surface area (Å²) in [4.78, 5) is 11.9. The third kappa shape index (κ3) is 3.30. The molecule has 0 aromatic rings. The van der Waals surface area contributed by atoms with E-state index in [1.165, 1.54) is 11.4 Å². The minimum absolute atomic E-state index is 0.254. The summed E-state index contributed by atoms with van der Waals surface area (Å²) in [5.74, 6) is -0.254. The van der Waals surface area contributed by atoms with Crippen molar-refractivity contribution >= 4 is 16.1 Å². The van der Waals surface area contributed by atoms with Gasteiger partial charge in [0.15, 0.2) is 0 Å². The predicted octanol–water partition coefficient (Wildman–Crippen LogP) is -0.873. The van der Waals surface area contributed by atoms with Gasteiger partial charge in [-0.25, -0.2) is 0 Å². The molecule has 2 aliphatic heterocycles. The number of likely N-dealkylation sites (N-methyl/N-ethyl adjacent to an activating group) is 1. The number of hydrogen-bond donors (Lipinski definition) is 2. The Balaban J connectivity index is 2.18. The van der Waals surface area contributed by atoms with E-state index in [4.69, 9.17) is 0 Å². The summed E-state index contributed by atoms with van der Waals surface area (Å²) in [5.41, 5.74) is 0. The van der Waals surface area contributed by atoms with Crippen LogP contribution in [0.5, 0.6) is 0 Å². The number of nitrogens with zero attached hydrogens (tertiary/aromatic N) is 2. The van der Waals surface area contributed by atoms with Gasteiger partial charge in [-0.3, -0.25) is 4.79 Å². The molecule has 0 radical (unpaired) electrons. The highest BCUT2D eigenvalue weighted by Gasteiger charge is 2.39. The van der Waals surface area contributed by atoms with E-state index in [9.17, 15) is 13.2 Å². The molecule has 2 N–H and O–H groups in total. The van der Waals surface area contributed by atoms with Crippen molar-refractivity contribution < 1.29 is 13.2 Å². The first-order valence-electron chi connectivity index (χ1n) is 7.26. The van der Waals surface area contributed by atoms with E-state index in [1.54, 1.807) is 4.31 Å². The van der Waals surface area contributed by atoms with Crippen molar-refractivity contribution in [2.45, 2.75) is 31.7 Å². The van der Waals surface area contributed by atoms with Crippen LogP contribution in [0.25, 0.3) is 0 Å². The molecule has 7 nitrogen and oxygen atoms in total. The fraction of sp³-hybridized carbons (Fsp3) is 0.917. The topological polar surface area (TPSA) is 81.8 Å². The van der Waals surface area contributed by atoms with Crippen LogP contribution in [0.1, 0.15) is 25.7 Å². The van der Waals surface area contributed by atoms with Crippen molar-refractivity contribution in [1.29, 1.82) is 0 Å². The van der Waals surface area contributed by atoms with Gasteiger partial charge >= 0.3 is 0 Å². The van der Waals surface area contributed by atoms with Gasteiger partial charge in [-0.2, -0.15) is 17.0 Å². The SMILES string of the molecule is CNC(=O)C1CNCCN1S(=O)(=O)N1CCCCCC1. The summed E-state index contributed by atoms with van der Waals surface area (Å²) < 4.78 is 28.4. The van der Waals surface area contributed by atoms with Crippen LogP contribution in [0.15, 0.2) is 0 Å². The summed E-state index contributed by atoms with van der Waals surface area (Å²) in [6, 6.07) is -0.651. The van der Waals surface area contributed by atoms with Crippen LogP contribution in [-0.4, -0.2) is 68.7 Å². The monoisotopic (exact) mass is 304 g/mol. The number of hydrogen-bond acceptors (Lipinski definition) is 4. The molecule has 1 atom stereocenters. The Morgan fingerprint density at radius 1 is 1.15 bits per heavy atom. The molecule has 0 saturated carbocycles. The number of nitrogens with one attached hydrogen (secondary N) is 2. The molecule has 2 saturated heterocycles. The first-order valence-corrected chi connectivity index (χ1v) is 8.66. The third-order valence-electron chi connectivity index (χ3n) is 3.93. The maximum Gasteiger partial charge on any atom is 0.282 e. The molecule has 0 aromatic heterocycles. The number of carbonyl (C=O) groups is 1. The smallest absolute Gasteiger partial charge is 0.282 e. The van der Waals surface area contributed by atoms with Gasteiger partial charge < -0.3 is 10.6 Å². The number of amides is 1. The zero-order valence-electron chi connectivity index (χ0n) is 12.0. The second-order valence-electron chi connectivity index (χ2n) is 5.27. The number of piperazine rings is 1. The minimum Gasteiger partial charge on any atom is -0.358 e. The van der Waals surface area contributed by atoms with Crippen LogP contribution in [-0.2, 0) is 15.0 Å². The van der Waals surface area contributed by atoms with Gasteiger partial charge in [-0.1, -0.05) is 12.8 Å². The molecule has 2 heterocycles. The van der Waals surface area contributed by atoms with Crippen molar-refractivity contribution in [3.05, 3.63) is 0 Å². The van der Waals surface area contributed by atoms with Crippen molar-refractivity contribution in [1.82, 2.24) is 19.2 Å². The lowest BCUT2D eigenvalue weighted by Crippen LogP contribution is -2.61. The second kappa shape index (κ2) is 6.84. The van der Waals surface area contributed by atoms with Crippen LogP contribution in [0, 0.1) is 0 Å². The molecule has 1 amide bonds. The molecule has 2 rings (SSSR count). The lowest BCUT2D eigenvalue weighted by molar-refractivity contribution is -0.124. The van der Waals surface area contributed by atoms with Gasteiger partial charge in [0.05, 0.1) is 0 Å². The second-order valence-corrected chi connectivity index (χ2v) is 7.15. The largest absolute Gasteiger partial charge is 0.358 e. The molecule has 116 valence electrons. The van der Waals surface area contributed by atoms with E-state index in [0.29, 0.717) is 32.7 Å². The third-order valence-corrected chi connectivity index (χ3v) is 5.98. The molecule has 20 heavy (non-hydrogen) atoms. The summed E-state index contributed by atoms with van der Waals surface area (Å²) >= 11 is 0. The average Bonchev–Trinajstić information content (AvgIpc) is 2.76. The fourth-order valence-electron chi connectivity index (χ4n) is 2.77. The van der Waals surface area contributed by atoms with Crippen molar-refractivity contribution in [2.75, 3.05) is 39.8 Å². The molecule has 0 aliphatic carbocycles. The van der Waals surface area contributed by atoms with Gasteiger partial charge in [0, 0.05) is 39.8 Å². The molecule has 0 aromatic carbocycles. The van der Waals surface area contributed by atoms with Crippen LogP contribution < -0.4 is 10.6 Å². The van der Waals surface area contributed by atoms with Gasteiger partial charge in [-0.15, -0.1) is 0 Å². The Labute approximate surface area is 120 Å². The van der Waals surface area contributed by atoms with Crippen molar-refractivity contribution in [3.8, 4) is 0 Å². The molecule has 2 aliphatic rings. The Morgan fingerprint density at radius 2 is 1.80 bits per heavy atom. The summed E-state index contributed by atoms with van der Waals surface area (Å²) in [5, 5.41) is 5.63. The van der Waals surface area contributed by atoms with Crippen molar-refractivity contribution in [2.24, 2.45) is 0 Å². The Morgan fingerprint density at radius 3 is 2.40 bits per heavy atom. The molecule has 0 bridgehead atoms. The van der Waals surface area contributed by atoms with Gasteiger partial charge in [-0.05, 0) is 12.8 Å². The fourth-order valence-corrected chi connectivity index (χ4v) is 4.60. The minimum atomic E-state index is -3.55.